The second-order valence-corrected chi connectivity index (χ2v) is 6.32. The zero-order chi connectivity index (χ0) is 14.4. The summed E-state index contributed by atoms with van der Waals surface area (Å²) >= 11 is 0. The number of ether oxygens (including phenoxy) is 1. The molecule has 0 aliphatic carbocycles. The molecule has 1 aliphatic heterocycles. The molecule has 114 valence electrons. The van der Waals surface area contributed by atoms with Crippen LogP contribution in [0.4, 0.5) is 0 Å². The highest BCUT2D eigenvalue weighted by molar-refractivity contribution is 5.02. The number of nitrogens with one attached hydrogen (secondary N) is 1. The average Bonchev–Trinajstić information content (AvgIpc) is 2.44. The lowest BCUT2D eigenvalue weighted by molar-refractivity contribution is 0.000321. The summed E-state index contributed by atoms with van der Waals surface area (Å²) in [5.74, 6) is 0. The third kappa shape index (κ3) is 4.17. The first-order chi connectivity index (χ1) is 9.05. The first-order valence-corrected chi connectivity index (χ1v) is 8.05. The van der Waals surface area contributed by atoms with E-state index in [-0.39, 0.29) is 5.54 Å². The van der Waals surface area contributed by atoms with Crippen molar-refractivity contribution in [3.8, 4) is 0 Å². The number of methoxy groups -OCH3 is 1. The Morgan fingerprint density at radius 3 is 2.32 bits per heavy atom. The second-order valence-electron chi connectivity index (χ2n) is 6.32. The van der Waals surface area contributed by atoms with Gasteiger partial charge in [-0.05, 0) is 45.6 Å². The maximum Gasteiger partial charge on any atom is 0.0462 e. The van der Waals surface area contributed by atoms with Gasteiger partial charge in [-0.2, -0.15) is 0 Å². The number of hydrogen-bond acceptors (Lipinski definition) is 3. The molecule has 1 aliphatic rings. The zero-order valence-electron chi connectivity index (χ0n) is 13.7. The van der Waals surface area contributed by atoms with Crippen molar-refractivity contribution in [2.24, 2.45) is 0 Å². The van der Waals surface area contributed by atoms with E-state index in [1.54, 1.807) is 7.11 Å². The van der Waals surface area contributed by atoms with Crippen molar-refractivity contribution in [1.82, 2.24) is 10.2 Å². The average molecular weight is 270 g/mol. The minimum atomic E-state index is 0.287. The SMILES string of the molecule is CCC1(C)CN(CCCCOC)C(CC)(CC)CN1. The molecule has 0 aromatic rings. The van der Waals surface area contributed by atoms with Crippen LogP contribution in [0.1, 0.15) is 59.8 Å². The van der Waals surface area contributed by atoms with Gasteiger partial charge in [0.1, 0.15) is 0 Å². The number of piperazine rings is 1. The molecule has 19 heavy (non-hydrogen) atoms. The molecular weight excluding hydrogens is 236 g/mol. The molecule has 0 radical (unpaired) electrons. The van der Waals surface area contributed by atoms with Gasteiger partial charge >= 0.3 is 0 Å². The first-order valence-electron chi connectivity index (χ1n) is 8.05. The van der Waals surface area contributed by atoms with E-state index in [2.05, 4.69) is 37.9 Å². The molecule has 0 amide bonds. The van der Waals surface area contributed by atoms with E-state index >= 15 is 0 Å². The van der Waals surface area contributed by atoms with Crippen LogP contribution in [-0.2, 0) is 4.74 Å². The minimum absolute atomic E-state index is 0.287. The lowest BCUT2D eigenvalue weighted by Gasteiger charge is -2.53. The molecule has 0 spiro atoms. The lowest BCUT2D eigenvalue weighted by Crippen LogP contribution is -2.68. The predicted molar refractivity (Wildman–Crippen MR) is 82.7 cm³/mol. The molecule has 3 nitrogen and oxygen atoms in total. The fourth-order valence-corrected chi connectivity index (χ4v) is 3.18. The lowest BCUT2D eigenvalue weighted by atomic mass is 9.82. The highest BCUT2D eigenvalue weighted by atomic mass is 16.5. The fraction of sp³-hybridized carbons (Fsp3) is 1.00. The molecule has 0 saturated carbocycles. The Labute approximate surface area is 120 Å². The maximum atomic E-state index is 5.17. The minimum Gasteiger partial charge on any atom is -0.385 e. The number of rotatable bonds is 8. The summed E-state index contributed by atoms with van der Waals surface area (Å²) in [6, 6.07) is 0. The molecule has 1 fully saturated rings. The van der Waals surface area contributed by atoms with Gasteiger partial charge in [0, 0.05) is 37.9 Å². The van der Waals surface area contributed by atoms with Crippen LogP contribution in [-0.4, -0.2) is 49.3 Å². The van der Waals surface area contributed by atoms with Crippen LogP contribution in [0.15, 0.2) is 0 Å². The largest absolute Gasteiger partial charge is 0.385 e. The Kier molecular flexibility index (Phi) is 6.78. The Hall–Kier alpha value is -0.120. The molecule has 0 bridgehead atoms. The molecule has 1 N–H and O–H groups in total. The Morgan fingerprint density at radius 2 is 1.79 bits per heavy atom. The molecule has 3 heteroatoms. The Balaban J connectivity index is 2.65. The summed E-state index contributed by atoms with van der Waals surface area (Å²) in [6.07, 6.45) is 6.09. The van der Waals surface area contributed by atoms with Gasteiger partial charge in [0.2, 0.25) is 0 Å². The highest BCUT2D eigenvalue weighted by Crippen LogP contribution is 2.31. The van der Waals surface area contributed by atoms with E-state index < -0.39 is 0 Å². The first kappa shape index (κ1) is 16.9. The normalized spacial score (nSPS) is 27.6. The molecule has 1 unspecified atom stereocenters. The van der Waals surface area contributed by atoms with E-state index in [4.69, 9.17) is 4.74 Å². The zero-order valence-corrected chi connectivity index (χ0v) is 13.7. The third-order valence-electron chi connectivity index (χ3n) is 5.18. The van der Waals surface area contributed by atoms with Crippen molar-refractivity contribution < 1.29 is 4.74 Å². The summed E-state index contributed by atoms with van der Waals surface area (Å²) in [4.78, 5) is 2.75. The van der Waals surface area contributed by atoms with Crippen molar-refractivity contribution in [2.45, 2.75) is 70.9 Å². The second kappa shape index (κ2) is 7.61. The van der Waals surface area contributed by atoms with Crippen LogP contribution in [0, 0.1) is 0 Å². The van der Waals surface area contributed by atoms with Crippen LogP contribution in [0.5, 0.6) is 0 Å². The van der Waals surface area contributed by atoms with Gasteiger partial charge in [0.25, 0.3) is 0 Å². The van der Waals surface area contributed by atoms with E-state index in [0.29, 0.717) is 5.54 Å². The van der Waals surface area contributed by atoms with Crippen molar-refractivity contribution >= 4 is 0 Å². The molecule has 0 aromatic carbocycles. The quantitative estimate of drug-likeness (QED) is 0.686. The van der Waals surface area contributed by atoms with Gasteiger partial charge in [-0.25, -0.2) is 0 Å². The van der Waals surface area contributed by atoms with E-state index in [0.717, 1.165) is 13.2 Å². The van der Waals surface area contributed by atoms with Crippen LogP contribution in [0.3, 0.4) is 0 Å². The van der Waals surface area contributed by atoms with Gasteiger partial charge in [-0.1, -0.05) is 20.8 Å². The molecule has 1 heterocycles. The topological polar surface area (TPSA) is 24.5 Å². The third-order valence-corrected chi connectivity index (χ3v) is 5.18. The molecule has 1 saturated heterocycles. The fourth-order valence-electron chi connectivity index (χ4n) is 3.18. The number of nitrogens with zero attached hydrogens (tertiary/aromatic N) is 1. The van der Waals surface area contributed by atoms with E-state index in [1.165, 1.54) is 45.2 Å². The predicted octanol–water partition coefficient (Wildman–Crippen LogP) is 3.05. The summed E-state index contributed by atoms with van der Waals surface area (Å²) in [7, 11) is 1.79. The molecular formula is C16H34N2O. The number of unbranched alkanes of at least 4 members (excludes halogenated alkanes) is 1. The standard InChI is InChI=1S/C16H34N2O/c1-6-15(4)14-18(11-9-10-12-19-5)16(7-2,8-3)13-17-15/h17H,6-14H2,1-5H3. The van der Waals surface area contributed by atoms with Gasteiger partial charge in [-0.3, -0.25) is 4.90 Å². The molecule has 1 rings (SSSR count). The summed E-state index contributed by atoms with van der Waals surface area (Å²) in [5.41, 5.74) is 0.650. The monoisotopic (exact) mass is 270 g/mol. The Bertz CT molecular complexity index is 253. The summed E-state index contributed by atoms with van der Waals surface area (Å²) in [6.45, 7) is 13.7. The van der Waals surface area contributed by atoms with E-state index in [1.807, 2.05) is 0 Å². The maximum absolute atomic E-state index is 5.17. The van der Waals surface area contributed by atoms with Gasteiger partial charge in [0.15, 0.2) is 0 Å². The van der Waals surface area contributed by atoms with Crippen molar-refractivity contribution in [3.05, 3.63) is 0 Å². The van der Waals surface area contributed by atoms with Crippen molar-refractivity contribution in [3.63, 3.8) is 0 Å². The summed E-state index contributed by atoms with van der Waals surface area (Å²) in [5, 5.41) is 3.80. The highest BCUT2D eigenvalue weighted by Gasteiger charge is 2.42. The van der Waals surface area contributed by atoms with Gasteiger partial charge < -0.3 is 10.1 Å². The van der Waals surface area contributed by atoms with Crippen LogP contribution in [0.2, 0.25) is 0 Å². The summed E-state index contributed by atoms with van der Waals surface area (Å²) < 4.78 is 5.17. The van der Waals surface area contributed by atoms with Crippen molar-refractivity contribution in [2.75, 3.05) is 33.4 Å². The number of hydrogen-bond donors (Lipinski definition) is 1. The van der Waals surface area contributed by atoms with Crippen molar-refractivity contribution in [1.29, 1.82) is 0 Å². The van der Waals surface area contributed by atoms with E-state index in [9.17, 15) is 0 Å². The van der Waals surface area contributed by atoms with Crippen LogP contribution >= 0.6 is 0 Å². The Morgan fingerprint density at radius 1 is 1.11 bits per heavy atom. The molecule has 0 aromatic heterocycles. The smallest absolute Gasteiger partial charge is 0.0462 e. The van der Waals surface area contributed by atoms with Crippen LogP contribution in [0.25, 0.3) is 0 Å². The van der Waals surface area contributed by atoms with Gasteiger partial charge in [0.05, 0.1) is 0 Å². The molecule has 1 atom stereocenters. The van der Waals surface area contributed by atoms with Gasteiger partial charge in [-0.15, -0.1) is 0 Å². The van der Waals surface area contributed by atoms with Crippen LogP contribution < -0.4 is 5.32 Å².